The average Bonchev–Trinajstić information content (AvgIpc) is 3.70. The molecule has 1 heterocycles. The van der Waals surface area contributed by atoms with Gasteiger partial charge in [0.05, 0.1) is 39.2 Å². The van der Waals surface area contributed by atoms with Crippen LogP contribution in [0, 0.1) is 31.6 Å². The van der Waals surface area contributed by atoms with E-state index in [9.17, 15) is 24.0 Å². The van der Waals surface area contributed by atoms with Crippen LogP contribution in [0.4, 0.5) is 9.59 Å². The summed E-state index contributed by atoms with van der Waals surface area (Å²) < 4.78 is 9.20. The summed E-state index contributed by atoms with van der Waals surface area (Å²) in [5.74, 6) is -0.355. The van der Waals surface area contributed by atoms with Gasteiger partial charge in [-0.05, 0) is 41.0 Å². The predicted molar refractivity (Wildman–Crippen MR) is 224 cm³/mol. The lowest BCUT2D eigenvalue weighted by Gasteiger charge is -2.28. The van der Waals surface area contributed by atoms with Crippen LogP contribution in [0.5, 0.6) is 0 Å². The molecular weight excluding hydrogens is 727 g/mol. The molecule has 57 heavy (non-hydrogen) atoms. The van der Waals surface area contributed by atoms with Crippen molar-refractivity contribution < 1.29 is 33.4 Å². The van der Waals surface area contributed by atoms with Crippen molar-refractivity contribution in [3.63, 3.8) is 0 Å². The van der Waals surface area contributed by atoms with Gasteiger partial charge in [-0.25, -0.2) is 14.6 Å². The van der Waals surface area contributed by atoms with E-state index in [1.165, 1.54) is 25.5 Å². The summed E-state index contributed by atoms with van der Waals surface area (Å²) in [6.45, 7) is 13.0. The molecule has 14 heteroatoms. The standard InChI is InChI=1S/C36H49N7O7.C3H8.2C2H2/c1-7-17-42(32(45)21-39-35(47)49-5)23-31(44)38-19-25-9-11-26(12-10-25)27-13-15-28(16-14-27)29-20-37-30(40-29)22-43(18-8-2)34(46)33(24(3)4)41-36(48)50-6;1-3-2;2*1-2/h9-16,20,24,33H,7-8,17-19,21-23H2,1-6H3,(H,37,40)(H,38,44)(H,39,47)(H,41,48);3H2,1-2H3;2*1-2H. The van der Waals surface area contributed by atoms with Crippen molar-refractivity contribution in [2.24, 2.45) is 5.92 Å². The number of nitrogens with zero attached hydrogens (tertiary/aromatic N) is 3. The summed E-state index contributed by atoms with van der Waals surface area (Å²) in [6.07, 6.45) is 19.1. The number of nitrogens with one attached hydrogen (secondary N) is 4. The quantitative estimate of drug-likeness (QED) is 0.121. The first kappa shape index (κ1) is 50.7. The number of H-pyrrole nitrogens is 1. The first-order valence-electron chi connectivity index (χ1n) is 18.8. The van der Waals surface area contributed by atoms with E-state index in [0.717, 1.165) is 34.4 Å². The van der Waals surface area contributed by atoms with Gasteiger partial charge in [0, 0.05) is 19.6 Å². The maximum Gasteiger partial charge on any atom is 0.407 e. The maximum atomic E-state index is 13.4. The minimum absolute atomic E-state index is 0.111. The van der Waals surface area contributed by atoms with Crippen molar-refractivity contribution in [2.45, 2.75) is 79.9 Å². The number of hydrogen-bond acceptors (Lipinski definition) is 8. The van der Waals surface area contributed by atoms with Crippen molar-refractivity contribution in [1.82, 2.24) is 35.7 Å². The molecule has 0 saturated heterocycles. The molecule has 0 aliphatic heterocycles. The molecule has 4 N–H and O–H groups in total. The number of methoxy groups -OCH3 is 2. The van der Waals surface area contributed by atoms with Crippen molar-refractivity contribution in [3.05, 3.63) is 66.1 Å². The van der Waals surface area contributed by atoms with E-state index in [1.807, 2.05) is 76.2 Å². The zero-order valence-electron chi connectivity index (χ0n) is 34.7. The van der Waals surface area contributed by atoms with Gasteiger partial charge in [-0.3, -0.25) is 14.4 Å². The normalized spacial score (nSPS) is 10.3. The van der Waals surface area contributed by atoms with Crippen LogP contribution in [0.1, 0.15) is 72.2 Å². The molecule has 1 atom stereocenters. The SMILES string of the molecule is C#C.C#C.CCC.CCCN(CC(=O)NCc1ccc(-c2ccc(-c3cnc(CN(CCC)C(=O)C(NC(=O)OC)C(C)C)[nH]3)cc2)cc1)C(=O)CNC(=O)OC. The van der Waals surface area contributed by atoms with Crippen LogP contribution < -0.4 is 16.0 Å². The highest BCUT2D eigenvalue weighted by Crippen LogP contribution is 2.25. The van der Waals surface area contributed by atoms with E-state index >= 15 is 0 Å². The fourth-order valence-corrected chi connectivity index (χ4v) is 5.18. The summed E-state index contributed by atoms with van der Waals surface area (Å²) in [5, 5.41) is 7.85. The number of alkyl carbamates (subject to hydrolysis) is 2. The molecule has 0 fully saturated rings. The minimum atomic E-state index is -0.716. The Morgan fingerprint density at radius 1 is 0.754 bits per heavy atom. The number of imidazole rings is 1. The van der Waals surface area contributed by atoms with E-state index in [2.05, 4.69) is 70.2 Å². The monoisotopic (exact) mass is 787 g/mol. The minimum Gasteiger partial charge on any atom is -0.453 e. The number of terminal acetylenes is 2. The lowest BCUT2D eigenvalue weighted by Crippen LogP contribution is -2.51. The molecule has 310 valence electrons. The number of aromatic nitrogens is 2. The summed E-state index contributed by atoms with van der Waals surface area (Å²) in [6, 6.07) is 15.1. The van der Waals surface area contributed by atoms with E-state index in [1.54, 1.807) is 11.1 Å². The second kappa shape index (κ2) is 29.1. The van der Waals surface area contributed by atoms with Crippen molar-refractivity contribution in [1.29, 1.82) is 0 Å². The van der Waals surface area contributed by atoms with E-state index in [0.29, 0.717) is 31.9 Å². The molecule has 0 aliphatic rings. The summed E-state index contributed by atoms with van der Waals surface area (Å²) in [4.78, 5) is 72.5. The van der Waals surface area contributed by atoms with Crippen molar-refractivity contribution in [2.75, 3.05) is 40.4 Å². The number of carbonyl (C=O) groups excluding carboxylic acids is 5. The topological polar surface area (TPSA) is 175 Å². The average molecular weight is 788 g/mol. The molecule has 3 aromatic rings. The number of rotatable bonds is 17. The number of hydrogen-bond donors (Lipinski definition) is 4. The zero-order valence-corrected chi connectivity index (χ0v) is 34.7. The summed E-state index contributed by atoms with van der Waals surface area (Å²) in [5.41, 5.74) is 4.67. The van der Waals surface area contributed by atoms with Gasteiger partial charge in [0.15, 0.2) is 0 Å². The maximum absolute atomic E-state index is 13.4. The number of carbonyl (C=O) groups is 5. The van der Waals surface area contributed by atoms with Gasteiger partial charge in [0.2, 0.25) is 17.7 Å². The van der Waals surface area contributed by atoms with Gasteiger partial charge in [-0.1, -0.05) is 96.5 Å². The van der Waals surface area contributed by atoms with Gasteiger partial charge in [-0.15, -0.1) is 25.7 Å². The van der Waals surface area contributed by atoms with Crippen LogP contribution in [0.3, 0.4) is 0 Å². The number of benzene rings is 2. The zero-order chi connectivity index (χ0) is 43.3. The third kappa shape index (κ3) is 18.3. The Morgan fingerprint density at radius 3 is 1.77 bits per heavy atom. The third-order valence-corrected chi connectivity index (χ3v) is 7.89. The van der Waals surface area contributed by atoms with Crippen LogP contribution in [0.25, 0.3) is 22.4 Å². The molecule has 0 radical (unpaired) electrons. The third-order valence-electron chi connectivity index (χ3n) is 7.89. The van der Waals surface area contributed by atoms with Gasteiger partial charge >= 0.3 is 12.2 Å². The molecule has 0 saturated carbocycles. The summed E-state index contributed by atoms with van der Waals surface area (Å²) in [7, 11) is 2.48. The lowest BCUT2D eigenvalue weighted by molar-refractivity contribution is -0.135. The highest BCUT2D eigenvalue weighted by atomic mass is 16.5. The van der Waals surface area contributed by atoms with Gasteiger partial charge in [0.25, 0.3) is 0 Å². The van der Waals surface area contributed by atoms with E-state index < -0.39 is 18.2 Å². The lowest BCUT2D eigenvalue weighted by atomic mass is 10.0. The van der Waals surface area contributed by atoms with Gasteiger partial charge in [0.1, 0.15) is 18.4 Å². The molecule has 1 aromatic heterocycles. The fraction of sp³-hybridized carbons (Fsp3) is 0.442. The number of aromatic amines is 1. The smallest absolute Gasteiger partial charge is 0.407 e. The first-order chi connectivity index (χ1) is 27.4. The molecule has 3 rings (SSSR count). The Morgan fingerprint density at radius 2 is 1.26 bits per heavy atom. The Balaban J connectivity index is 0.00000420. The molecular formula is C43H61N7O7. The highest BCUT2D eigenvalue weighted by Gasteiger charge is 2.29. The van der Waals surface area contributed by atoms with E-state index in [4.69, 9.17) is 4.74 Å². The predicted octanol–water partition coefficient (Wildman–Crippen LogP) is 5.99. The largest absolute Gasteiger partial charge is 0.453 e. The van der Waals surface area contributed by atoms with Crippen LogP contribution >= 0.6 is 0 Å². The number of amides is 5. The first-order valence-corrected chi connectivity index (χ1v) is 18.8. The van der Waals surface area contributed by atoms with Crippen LogP contribution in [0.15, 0.2) is 54.7 Å². The van der Waals surface area contributed by atoms with E-state index in [-0.39, 0.29) is 43.3 Å². The Labute approximate surface area is 338 Å². The summed E-state index contributed by atoms with van der Waals surface area (Å²) >= 11 is 0. The highest BCUT2D eigenvalue weighted by molar-refractivity contribution is 5.87. The van der Waals surface area contributed by atoms with Gasteiger partial charge < -0.3 is 40.2 Å². The molecule has 0 aliphatic carbocycles. The Kier molecular flexibility index (Phi) is 25.9. The van der Waals surface area contributed by atoms with Crippen molar-refractivity contribution >= 4 is 29.9 Å². The number of ether oxygens (including phenoxy) is 2. The molecule has 1 unspecified atom stereocenters. The Hall–Kier alpha value is -6.28. The molecule has 2 aromatic carbocycles. The van der Waals surface area contributed by atoms with Gasteiger partial charge in [-0.2, -0.15) is 0 Å². The molecule has 0 bridgehead atoms. The van der Waals surface area contributed by atoms with Crippen molar-refractivity contribution in [3.8, 4) is 48.1 Å². The van der Waals surface area contributed by atoms with Crippen LogP contribution in [0.2, 0.25) is 0 Å². The van der Waals surface area contributed by atoms with Crippen LogP contribution in [-0.2, 0) is 36.9 Å². The second-order valence-corrected chi connectivity index (χ2v) is 12.8. The Bertz CT molecular complexity index is 1680. The molecule has 0 spiro atoms. The molecule has 5 amide bonds. The molecule has 14 nitrogen and oxygen atoms in total. The fourth-order valence-electron chi connectivity index (χ4n) is 5.18. The van der Waals surface area contributed by atoms with Crippen LogP contribution in [-0.4, -0.2) is 96.1 Å². The second-order valence-electron chi connectivity index (χ2n) is 12.8.